The molecule has 6 heteroatoms. The van der Waals surface area contributed by atoms with E-state index in [-0.39, 0.29) is 12.0 Å². The highest BCUT2D eigenvalue weighted by Crippen LogP contribution is 2.17. The second-order valence-corrected chi connectivity index (χ2v) is 5.86. The molecule has 2 fully saturated rings. The standard InChI is InChI=1S/C15H27N3O3/c1-2-21-15(20)18-10-8-17(9-11-18)12-14(19)16-13-6-4-3-5-7-13/h13H,2-12H2,1H3,(H,16,19). The third kappa shape index (κ3) is 5.19. The van der Waals surface area contributed by atoms with E-state index in [0.29, 0.717) is 32.3 Å². The van der Waals surface area contributed by atoms with Crippen LogP contribution in [0, 0.1) is 0 Å². The molecule has 1 aliphatic heterocycles. The molecule has 1 saturated heterocycles. The number of nitrogens with zero attached hydrogens (tertiary/aromatic N) is 2. The fraction of sp³-hybridized carbons (Fsp3) is 0.867. The lowest BCUT2D eigenvalue weighted by molar-refractivity contribution is -0.123. The van der Waals surface area contributed by atoms with Crippen LogP contribution in [0.1, 0.15) is 39.0 Å². The van der Waals surface area contributed by atoms with Crippen molar-refractivity contribution in [3.63, 3.8) is 0 Å². The third-order valence-corrected chi connectivity index (χ3v) is 4.24. The molecule has 120 valence electrons. The maximum absolute atomic E-state index is 12.0. The number of amides is 2. The van der Waals surface area contributed by atoms with E-state index >= 15 is 0 Å². The predicted molar refractivity (Wildman–Crippen MR) is 80.1 cm³/mol. The van der Waals surface area contributed by atoms with E-state index in [1.54, 1.807) is 4.90 Å². The first-order chi connectivity index (χ1) is 10.2. The lowest BCUT2D eigenvalue weighted by Gasteiger charge is -2.34. The summed E-state index contributed by atoms with van der Waals surface area (Å²) in [5.41, 5.74) is 0. The molecule has 6 nitrogen and oxygen atoms in total. The van der Waals surface area contributed by atoms with Crippen molar-refractivity contribution in [2.45, 2.75) is 45.1 Å². The molecule has 0 aromatic heterocycles. The molecule has 21 heavy (non-hydrogen) atoms. The number of carbonyl (C=O) groups excluding carboxylic acids is 2. The van der Waals surface area contributed by atoms with Crippen LogP contribution in [0.4, 0.5) is 4.79 Å². The van der Waals surface area contributed by atoms with Crippen LogP contribution in [0.5, 0.6) is 0 Å². The molecule has 1 aliphatic carbocycles. The van der Waals surface area contributed by atoms with Crippen LogP contribution < -0.4 is 5.32 Å². The van der Waals surface area contributed by atoms with Crippen LogP contribution in [-0.4, -0.2) is 67.2 Å². The Morgan fingerprint density at radius 3 is 2.38 bits per heavy atom. The van der Waals surface area contributed by atoms with E-state index in [2.05, 4.69) is 10.2 Å². The average Bonchev–Trinajstić information content (AvgIpc) is 2.49. The first kappa shape index (κ1) is 16.1. The van der Waals surface area contributed by atoms with Crippen molar-refractivity contribution in [3.8, 4) is 0 Å². The van der Waals surface area contributed by atoms with E-state index in [1.807, 2.05) is 6.92 Å². The van der Waals surface area contributed by atoms with Gasteiger partial charge < -0.3 is 15.0 Å². The van der Waals surface area contributed by atoms with Gasteiger partial charge in [0.2, 0.25) is 5.91 Å². The van der Waals surface area contributed by atoms with Gasteiger partial charge >= 0.3 is 6.09 Å². The van der Waals surface area contributed by atoms with Crippen molar-refractivity contribution in [1.29, 1.82) is 0 Å². The molecule has 0 atom stereocenters. The van der Waals surface area contributed by atoms with Crippen molar-refractivity contribution >= 4 is 12.0 Å². The summed E-state index contributed by atoms with van der Waals surface area (Å²) in [7, 11) is 0. The molecule has 1 N–H and O–H groups in total. The summed E-state index contributed by atoms with van der Waals surface area (Å²) in [6.07, 6.45) is 5.73. The Kier molecular flexibility index (Phi) is 6.29. The number of carbonyl (C=O) groups is 2. The van der Waals surface area contributed by atoms with Gasteiger partial charge in [-0.1, -0.05) is 19.3 Å². The lowest BCUT2D eigenvalue weighted by atomic mass is 9.95. The van der Waals surface area contributed by atoms with Gasteiger partial charge in [-0.3, -0.25) is 9.69 Å². The molecule has 2 rings (SSSR count). The monoisotopic (exact) mass is 297 g/mol. The quantitative estimate of drug-likeness (QED) is 0.847. The van der Waals surface area contributed by atoms with Gasteiger partial charge in [-0.05, 0) is 19.8 Å². The second-order valence-electron chi connectivity index (χ2n) is 5.86. The summed E-state index contributed by atoms with van der Waals surface area (Å²) in [5.74, 6) is 0.117. The van der Waals surface area contributed by atoms with Gasteiger partial charge in [0.05, 0.1) is 13.2 Å². The van der Waals surface area contributed by atoms with Crippen molar-refractivity contribution in [1.82, 2.24) is 15.1 Å². The van der Waals surface area contributed by atoms with E-state index in [9.17, 15) is 9.59 Å². The topological polar surface area (TPSA) is 61.9 Å². The van der Waals surface area contributed by atoms with E-state index < -0.39 is 0 Å². The largest absolute Gasteiger partial charge is 0.450 e. The molecule has 0 radical (unpaired) electrons. The number of rotatable bonds is 4. The molecule has 0 bridgehead atoms. The highest BCUT2D eigenvalue weighted by atomic mass is 16.6. The highest BCUT2D eigenvalue weighted by Gasteiger charge is 2.24. The number of ether oxygens (including phenoxy) is 1. The highest BCUT2D eigenvalue weighted by molar-refractivity contribution is 5.78. The minimum atomic E-state index is -0.246. The summed E-state index contributed by atoms with van der Waals surface area (Å²) >= 11 is 0. The summed E-state index contributed by atoms with van der Waals surface area (Å²) < 4.78 is 4.99. The molecule has 0 unspecified atom stereocenters. The Hall–Kier alpha value is -1.30. The number of hydrogen-bond acceptors (Lipinski definition) is 4. The van der Waals surface area contributed by atoms with E-state index in [1.165, 1.54) is 19.3 Å². The molecule has 1 saturated carbocycles. The Labute approximate surface area is 126 Å². The minimum Gasteiger partial charge on any atom is -0.450 e. The first-order valence-corrected chi connectivity index (χ1v) is 8.12. The molecular weight excluding hydrogens is 270 g/mol. The predicted octanol–water partition coefficient (Wildman–Crippen LogP) is 1.21. The summed E-state index contributed by atoms with van der Waals surface area (Å²) in [5, 5.41) is 3.13. The number of hydrogen-bond donors (Lipinski definition) is 1. The van der Waals surface area contributed by atoms with Gasteiger partial charge in [-0.2, -0.15) is 0 Å². The molecule has 2 amide bonds. The Balaban J connectivity index is 1.65. The van der Waals surface area contributed by atoms with Crippen LogP contribution in [0.3, 0.4) is 0 Å². The lowest BCUT2D eigenvalue weighted by Crippen LogP contribution is -2.52. The van der Waals surface area contributed by atoms with Crippen molar-refractivity contribution in [2.24, 2.45) is 0 Å². The summed E-state index contributed by atoms with van der Waals surface area (Å²) in [6, 6.07) is 0.368. The average molecular weight is 297 g/mol. The maximum Gasteiger partial charge on any atom is 0.409 e. The first-order valence-electron chi connectivity index (χ1n) is 8.12. The number of nitrogens with one attached hydrogen (secondary N) is 1. The molecular formula is C15H27N3O3. The smallest absolute Gasteiger partial charge is 0.409 e. The van der Waals surface area contributed by atoms with Crippen LogP contribution in [0.15, 0.2) is 0 Å². The zero-order chi connectivity index (χ0) is 15.1. The van der Waals surface area contributed by atoms with Crippen molar-refractivity contribution in [3.05, 3.63) is 0 Å². The zero-order valence-electron chi connectivity index (χ0n) is 13.0. The SMILES string of the molecule is CCOC(=O)N1CCN(CC(=O)NC2CCCCC2)CC1. The van der Waals surface area contributed by atoms with Gasteiger partial charge in [0.15, 0.2) is 0 Å². The zero-order valence-corrected chi connectivity index (χ0v) is 13.0. The molecule has 0 aromatic rings. The van der Waals surface area contributed by atoms with Crippen LogP contribution in [0.25, 0.3) is 0 Å². The van der Waals surface area contributed by atoms with Gasteiger partial charge in [-0.25, -0.2) is 4.79 Å². The molecule has 0 aromatic carbocycles. The van der Waals surface area contributed by atoms with Gasteiger partial charge in [0.1, 0.15) is 0 Å². The summed E-state index contributed by atoms with van der Waals surface area (Å²) in [6.45, 7) is 5.39. The van der Waals surface area contributed by atoms with Gasteiger partial charge in [-0.15, -0.1) is 0 Å². The number of piperazine rings is 1. The van der Waals surface area contributed by atoms with Crippen LogP contribution in [-0.2, 0) is 9.53 Å². The Bertz CT molecular complexity index is 348. The van der Waals surface area contributed by atoms with Crippen LogP contribution >= 0.6 is 0 Å². The van der Waals surface area contributed by atoms with Crippen molar-refractivity contribution < 1.29 is 14.3 Å². The van der Waals surface area contributed by atoms with Crippen molar-refractivity contribution in [2.75, 3.05) is 39.3 Å². The molecule has 1 heterocycles. The fourth-order valence-electron chi connectivity index (χ4n) is 3.03. The minimum absolute atomic E-state index is 0.117. The van der Waals surface area contributed by atoms with E-state index in [0.717, 1.165) is 25.9 Å². The Morgan fingerprint density at radius 1 is 1.10 bits per heavy atom. The normalized spacial score (nSPS) is 21.1. The fourth-order valence-corrected chi connectivity index (χ4v) is 3.03. The maximum atomic E-state index is 12.0. The summed E-state index contributed by atoms with van der Waals surface area (Å²) in [4.78, 5) is 27.4. The third-order valence-electron chi connectivity index (χ3n) is 4.24. The Morgan fingerprint density at radius 2 is 1.76 bits per heavy atom. The molecule has 0 spiro atoms. The molecule has 2 aliphatic rings. The van der Waals surface area contributed by atoms with E-state index in [4.69, 9.17) is 4.74 Å². The second kappa shape index (κ2) is 8.22. The van der Waals surface area contributed by atoms with Crippen LogP contribution in [0.2, 0.25) is 0 Å². The van der Waals surface area contributed by atoms with Gasteiger partial charge in [0, 0.05) is 32.2 Å². The van der Waals surface area contributed by atoms with Gasteiger partial charge in [0.25, 0.3) is 0 Å².